The van der Waals surface area contributed by atoms with Crippen LogP contribution in [0.4, 0.5) is 0 Å². The highest BCUT2D eigenvalue weighted by Crippen LogP contribution is 2.27. The Kier molecular flexibility index (Phi) is 7.41. The largest absolute Gasteiger partial charge is 0.355 e. The first-order valence-electron chi connectivity index (χ1n) is 9.93. The van der Waals surface area contributed by atoms with Gasteiger partial charge in [0.15, 0.2) is 11.0 Å². The summed E-state index contributed by atoms with van der Waals surface area (Å²) < 4.78 is 2.08. The second-order valence-corrected chi connectivity index (χ2v) is 8.32. The van der Waals surface area contributed by atoms with E-state index in [1.807, 2.05) is 37.3 Å². The molecule has 0 saturated carbocycles. The molecule has 0 aliphatic heterocycles. The average molecular weight is 410 g/mol. The van der Waals surface area contributed by atoms with Crippen LogP contribution in [0.5, 0.6) is 0 Å². The second-order valence-electron chi connectivity index (χ2n) is 7.01. The maximum Gasteiger partial charge on any atom is 0.233 e. The molecule has 1 aromatic carbocycles. The molecule has 0 bridgehead atoms. The van der Waals surface area contributed by atoms with E-state index in [2.05, 4.69) is 51.0 Å². The minimum Gasteiger partial charge on any atom is -0.355 e. The first kappa shape index (κ1) is 21.0. The molecule has 0 saturated heterocycles. The molecule has 0 spiro atoms. The lowest BCUT2D eigenvalue weighted by atomic mass is 10.0. The fraction of sp³-hybridized carbons (Fsp3) is 0.364. The minimum atomic E-state index is -0.261. The Bertz CT molecular complexity index is 913. The Hall–Kier alpha value is -2.67. The summed E-state index contributed by atoms with van der Waals surface area (Å²) in [5.41, 5.74) is 2.19. The summed E-state index contributed by atoms with van der Waals surface area (Å²) in [4.78, 5) is 16.7. The lowest BCUT2D eigenvalue weighted by Gasteiger charge is -2.16. The van der Waals surface area contributed by atoms with Gasteiger partial charge in [-0.3, -0.25) is 9.78 Å². The van der Waals surface area contributed by atoms with Gasteiger partial charge in [-0.2, -0.15) is 0 Å². The van der Waals surface area contributed by atoms with E-state index in [4.69, 9.17) is 0 Å². The number of hydrogen-bond donors (Lipinski definition) is 1. The van der Waals surface area contributed by atoms with Crippen molar-refractivity contribution in [2.24, 2.45) is 0 Å². The maximum atomic E-state index is 12.6. The number of pyridine rings is 1. The molecule has 2 aromatic heterocycles. The van der Waals surface area contributed by atoms with Gasteiger partial charge in [0.05, 0.1) is 5.25 Å². The van der Waals surface area contributed by atoms with Gasteiger partial charge in [0, 0.05) is 31.0 Å². The fourth-order valence-corrected chi connectivity index (χ4v) is 3.92. The lowest BCUT2D eigenvalue weighted by Crippen LogP contribution is -2.33. The fourth-order valence-electron chi connectivity index (χ4n) is 3.02. The van der Waals surface area contributed by atoms with Crippen molar-refractivity contribution < 1.29 is 4.79 Å². The molecule has 3 aromatic rings. The van der Waals surface area contributed by atoms with E-state index in [0.29, 0.717) is 6.54 Å². The van der Waals surface area contributed by atoms with E-state index in [9.17, 15) is 4.79 Å². The summed E-state index contributed by atoms with van der Waals surface area (Å²) in [7, 11) is 0. The number of carbonyl (C=O) groups excluding carboxylic acids is 1. The Morgan fingerprint density at radius 2 is 1.83 bits per heavy atom. The molecule has 1 amide bonds. The Balaban J connectivity index is 1.64. The van der Waals surface area contributed by atoms with E-state index < -0.39 is 0 Å². The van der Waals surface area contributed by atoms with Crippen LogP contribution in [0, 0.1) is 0 Å². The number of thioether (sulfide) groups is 1. The molecule has 0 radical (unpaired) electrons. The maximum absolute atomic E-state index is 12.6. The highest BCUT2D eigenvalue weighted by Gasteiger charge is 2.21. The monoisotopic (exact) mass is 409 g/mol. The first-order valence-corrected chi connectivity index (χ1v) is 10.8. The molecule has 2 unspecified atom stereocenters. The summed E-state index contributed by atoms with van der Waals surface area (Å²) in [5, 5.41) is 12.3. The van der Waals surface area contributed by atoms with E-state index >= 15 is 0 Å². The number of nitrogens with zero attached hydrogens (tertiary/aromatic N) is 4. The summed E-state index contributed by atoms with van der Waals surface area (Å²) in [6.45, 7) is 7.55. The van der Waals surface area contributed by atoms with Crippen molar-refractivity contribution in [2.75, 3.05) is 6.54 Å². The van der Waals surface area contributed by atoms with Gasteiger partial charge in [0.1, 0.15) is 0 Å². The summed E-state index contributed by atoms with van der Waals surface area (Å²) in [5.74, 6) is 1.08. The highest BCUT2D eigenvalue weighted by atomic mass is 32.2. The third-order valence-electron chi connectivity index (χ3n) is 4.71. The molecular weight excluding hydrogens is 382 g/mol. The summed E-state index contributed by atoms with van der Waals surface area (Å²) >= 11 is 1.44. The van der Waals surface area contributed by atoms with Crippen LogP contribution in [0.25, 0.3) is 11.4 Å². The number of amides is 1. The zero-order valence-electron chi connectivity index (χ0n) is 17.1. The quantitative estimate of drug-likeness (QED) is 0.538. The molecule has 0 fully saturated rings. The van der Waals surface area contributed by atoms with Gasteiger partial charge in [-0.25, -0.2) is 0 Å². The highest BCUT2D eigenvalue weighted by molar-refractivity contribution is 8.00. The third kappa shape index (κ3) is 5.44. The number of hydrogen-bond acceptors (Lipinski definition) is 5. The number of carbonyl (C=O) groups is 1. The number of aromatic nitrogens is 4. The molecule has 6 nitrogen and oxygen atoms in total. The zero-order chi connectivity index (χ0) is 20.6. The van der Waals surface area contributed by atoms with Gasteiger partial charge in [-0.1, -0.05) is 55.9 Å². The molecule has 0 aliphatic carbocycles. The molecule has 3 rings (SSSR count). The van der Waals surface area contributed by atoms with Crippen molar-refractivity contribution >= 4 is 17.7 Å². The van der Waals surface area contributed by atoms with Crippen molar-refractivity contribution in [3.8, 4) is 11.4 Å². The second kappa shape index (κ2) is 10.2. The van der Waals surface area contributed by atoms with Crippen LogP contribution in [0.3, 0.4) is 0 Å². The van der Waals surface area contributed by atoms with Crippen LogP contribution in [-0.2, 0) is 11.3 Å². The van der Waals surface area contributed by atoms with Gasteiger partial charge in [-0.15, -0.1) is 10.2 Å². The van der Waals surface area contributed by atoms with Gasteiger partial charge >= 0.3 is 0 Å². The van der Waals surface area contributed by atoms with E-state index in [1.54, 1.807) is 12.4 Å². The summed E-state index contributed by atoms with van der Waals surface area (Å²) in [6.07, 6.45) is 4.45. The topological polar surface area (TPSA) is 72.7 Å². The minimum absolute atomic E-state index is 0.00860. The third-order valence-corrected chi connectivity index (χ3v) is 5.79. The van der Waals surface area contributed by atoms with Crippen molar-refractivity contribution in [1.82, 2.24) is 25.1 Å². The molecule has 2 heterocycles. The van der Waals surface area contributed by atoms with E-state index in [1.165, 1.54) is 17.3 Å². The van der Waals surface area contributed by atoms with Crippen LogP contribution >= 0.6 is 11.8 Å². The van der Waals surface area contributed by atoms with Crippen molar-refractivity contribution in [3.63, 3.8) is 0 Å². The molecule has 152 valence electrons. The smallest absolute Gasteiger partial charge is 0.233 e. The first-order chi connectivity index (χ1) is 14.1. The van der Waals surface area contributed by atoms with Crippen LogP contribution in [0.15, 0.2) is 60.0 Å². The van der Waals surface area contributed by atoms with Gasteiger partial charge in [-0.05, 0) is 37.0 Å². The van der Waals surface area contributed by atoms with Crippen molar-refractivity contribution in [3.05, 3.63) is 60.4 Å². The number of rotatable bonds is 9. The predicted molar refractivity (Wildman–Crippen MR) is 117 cm³/mol. The van der Waals surface area contributed by atoms with Gasteiger partial charge in [0.2, 0.25) is 5.91 Å². The Labute approximate surface area is 176 Å². The van der Waals surface area contributed by atoms with E-state index in [0.717, 1.165) is 29.5 Å². The molecule has 0 aliphatic rings. The van der Waals surface area contributed by atoms with Crippen molar-refractivity contribution in [2.45, 2.75) is 50.1 Å². The predicted octanol–water partition coefficient (Wildman–Crippen LogP) is 4.15. The Morgan fingerprint density at radius 3 is 2.52 bits per heavy atom. The zero-order valence-corrected chi connectivity index (χ0v) is 17.9. The normalized spacial score (nSPS) is 13.1. The van der Waals surface area contributed by atoms with Crippen LogP contribution < -0.4 is 5.32 Å². The standard InChI is InChI=1S/C22H27N5OS/c1-4-14-27-20(19-10-12-23-13-11-19)25-26-22(27)29-17(3)21(28)24-15-16(2)18-8-6-5-7-9-18/h5-13,16-17H,4,14-15H2,1-3H3,(H,24,28). The summed E-state index contributed by atoms with van der Waals surface area (Å²) in [6, 6.07) is 14.1. The molecular formula is C22H27N5OS. The van der Waals surface area contributed by atoms with Crippen LogP contribution in [0.1, 0.15) is 38.7 Å². The Morgan fingerprint density at radius 1 is 1.10 bits per heavy atom. The van der Waals surface area contributed by atoms with Crippen molar-refractivity contribution in [1.29, 1.82) is 0 Å². The molecule has 29 heavy (non-hydrogen) atoms. The molecule has 7 heteroatoms. The van der Waals surface area contributed by atoms with E-state index in [-0.39, 0.29) is 17.1 Å². The van der Waals surface area contributed by atoms with Crippen LogP contribution in [0.2, 0.25) is 0 Å². The average Bonchev–Trinajstić information content (AvgIpc) is 3.15. The molecule has 1 N–H and O–H groups in total. The van der Waals surface area contributed by atoms with Gasteiger partial charge < -0.3 is 9.88 Å². The molecule has 2 atom stereocenters. The SMILES string of the molecule is CCCn1c(SC(C)C(=O)NCC(C)c2ccccc2)nnc1-c1ccncc1. The lowest BCUT2D eigenvalue weighted by molar-refractivity contribution is -0.120. The van der Waals surface area contributed by atoms with Gasteiger partial charge in [0.25, 0.3) is 0 Å². The number of benzene rings is 1. The number of nitrogens with one attached hydrogen (secondary N) is 1. The van der Waals surface area contributed by atoms with Crippen LogP contribution in [-0.4, -0.2) is 37.5 Å².